The summed E-state index contributed by atoms with van der Waals surface area (Å²) in [6, 6.07) is 0. The minimum Gasteiger partial charge on any atom is -0.469 e. The largest absolute Gasteiger partial charge is 0.469 e. The first-order chi connectivity index (χ1) is 11.5. The van der Waals surface area contributed by atoms with E-state index >= 15 is 0 Å². The van der Waals surface area contributed by atoms with Crippen molar-refractivity contribution in [3.05, 3.63) is 24.3 Å². The highest BCUT2D eigenvalue weighted by molar-refractivity contribution is 5.69. The molecule has 0 saturated heterocycles. The van der Waals surface area contributed by atoms with Gasteiger partial charge in [-0.05, 0) is 31.1 Å². The van der Waals surface area contributed by atoms with Gasteiger partial charge in [0, 0.05) is 12.3 Å². The molecule has 138 valence electrons. The molecule has 4 nitrogen and oxygen atoms in total. The van der Waals surface area contributed by atoms with Crippen molar-refractivity contribution in [2.24, 2.45) is 17.8 Å². The number of esters is 1. The number of hydrogen-bond acceptors (Lipinski definition) is 4. The van der Waals surface area contributed by atoms with Crippen LogP contribution >= 0.6 is 0 Å². The first-order valence-electron chi connectivity index (χ1n) is 9.27. The highest BCUT2D eigenvalue weighted by Gasteiger charge is 2.29. The fourth-order valence-corrected chi connectivity index (χ4v) is 3.23. The van der Waals surface area contributed by atoms with E-state index < -0.39 is 12.2 Å². The van der Waals surface area contributed by atoms with E-state index in [1.165, 1.54) is 7.11 Å². The summed E-state index contributed by atoms with van der Waals surface area (Å²) >= 11 is 0. The van der Waals surface area contributed by atoms with E-state index in [9.17, 15) is 15.0 Å². The third-order valence-corrected chi connectivity index (χ3v) is 4.86. The number of aliphatic hydroxyl groups excluding tert-OH is 2. The summed E-state index contributed by atoms with van der Waals surface area (Å²) < 4.78 is 4.70. The van der Waals surface area contributed by atoms with Crippen molar-refractivity contribution in [3.8, 4) is 0 Å². The van der Waals surface area contributed by atoms with Crippen LogP contribution in [0.5, 0.6) is 0 Å². The molecule has 5 atom stereocenters. The van der Waals surface area contributed by atoms with E-state index in [2.05, 4.69) is 6.92 Å². The van der Waals surface area contributed by atoms with Gasteiger partial charge in [0.1, 0.15) is 0 Å². The molecule has 0 bridgehead atoms. The van der Waals surface area contributed by atoms with Crippen LogP contribution in [0.15, 0.2) is 24.3 Å². The molecule has 0 fully saturated rings. The van der Waals surface area contributed by atoms with Crippen molar-refractivity contribution in [2.75, 3.05) is 7.11 Å². The first-order valence-corrected chi connectivity index (χ1v) is 9.27. The lowest BCUT2D eigenvalue weighted by Gasteiger charge is -2.22. The second-order valence-electron chi connectivity index (χ2n) is 7.03. The molecule has 1 aliphatic rings. The zero-order valence-electron chi connectivity index (χ0n) is 15.4. The Balaban J connectivity index is 2.43. The topological polar surface area (TPSA) is 66.8 Å². The van der Waals surface area contributed by atoms with Crippen LogP contribution in [0.1, 0.15) is 58.8 Å². The van der Waals surface area contributed by atoms with Gasteiger partial charge in [0.15, 0.2) is 0 Å². The lowest BCUT2D eigenvalue weighted by atomic mass is 9.85. The quantitative estimate of drug-likeness (QED) is 0.343. The lowest BCUT2D eigenvalue weighted by molar-refractivity contribution is -0.141. The van der Waals surface area contributed by atoms with Crippen LogP contribution in [-0.2, 0) is 9.53 Å². The maximum Gasteiger partial charge on any atom is 0.305 e. The Labute approximate surface area is 146 Å². The first kappa shape index (κ1) is 20.9. The Morgan fingerprint density at radius 1 is 1.29 bits per heavy atom. The monoisotopic (exact) mass is 338 g/mol. The van der Waals surface area contributed by atoms with Gasteiger partial charge in [-0.2, -0.15) is 0 Å². The van der Waals surface area contributed by atoms with Gasteiger partial charge >= 0.3 is 5.97 Å². The summed E-state index contributed by atoms with van der Waals surface area (Å²) in [4.78, 5) is 11.3. The van der Waals surface area contributed by atoms with Gasteiger partial charge < -0.3 is 14.9 Å². The van der Waals surface area contributed by atoms with Gasteiger partial charge in [0.05, 0.1) is 19.3 Å². The lowest BCUT2D eigenvalue weighted by Crippen LogP contribution is -2.20. The molecular formula is C20H34O4. The number of hydrogen-bond donors (Lipinski definition) is 2. The molecule has 2 unspecified atom stereocenters. The van der Waals surface area contributed by atoms with Crippen LogP contribution in [0.25, 0.3) is 0 Å². The van der Waals surface area contributed by atoms with Gasteiger partial charge in [-0.15, -0.1) is 0 Å². The fourth-order valence-electron chi connectivity index (χ4n) is 3.23. The Morgan fingerprint density at radius 2 is 2.04 bits per heavy atom. The molecule has 0 aromatic heterocycles. The number of aliphatic hydroxyl groups is 2. The number of carbonyl (C=O) groups is 1. The van der Waals surface area contributed by atoms with Crippen LogP contribution in [0.2, 0.25) is 0 Å². The molecule has 2 N–H and O–H groups in total. The van der Waals surface area contributed by atoms with Gasteiger partial charge in [-0.25, -0.2) is 0 Å². The van der Waals surface area contributed by atoms with E-state index in [-0.39, 0.29) is 23.7 Å². The second kappa shape index (κ2) is 11.4. The zero-order chi connectivity index (χ0) is 17.9. The summed E-state index contributed by atoms with van der Waals surface area (Å²) in [5.74, 6) is 0.351. The normalized spacial score (nSPS) is 26.0. The maximum absolute atomic E-state index is 11.3. The average Bonchev–Trinajstić information content (AvgIpc) is 2.91. The predicted octanol–water partition coefficient (Wildman–Crippen LogP) is 3.63. The van der Waals surface area contributed by atoms with Gasteiger partial charge in [0.2, 0.25) is 0 Å². The SMILES string of the molecule is CCCCCC(O)/C=C/[C@H]1C=C[C@@H](O)[C@H]1CCC(C)CC(=O)OC. The van der Waals surface area contributed by atoms with Crippen molar-refractivity contribution < 1.29 is 19.7 Å². The summed E-state index contributed by atoms with van der Waals surface area (Å²) in [6.45, 7) is 4.19. The molecule has 4 heteroatoms. The molecule has 0 amide bonds. The minimum atomic E-state index is -0.442. The number of rotatable bonds is 11. The predicted molar refractivity (Wildman–Crippen MR) is 96.4 cm³/mol. The molecule has 0 saturated carbocycles. The smallest absolute Gasteiger partial charge is 0.305 e. The molecule has 24 heavy (non-hydrogen) atoms. The van der Waals surface area contributed by atoms with Crippen molar-refractivity contribution >= 4 is 5.97 Å². The number of carbonyl (C=O) groups excluding carboxylic acids is 1. The molecule has 0 aromatic carbocycles. The van der Waals surface area contributed by atoms with Crippen LogP contribution in [0.4, 0.5) is 0 Å². The summed E-state index contributed by atoms with van der Waals surface area (Å²) in [5.41, 5.74) is 0. The van der Waals surface area contributed by atoms with E-state index in [0.29, 0.717) is 6.42 Å². The number of unbranched alkanes of at least 4 members (excludes halogenated alkanes) is 2. The fraction of sp³-hybridized carbons (Fsp3) is 0.750. The summed E-state index contributed by atoms with van der Waals surface area (Å²) in [7, 11) is 1.41. The molecule has 0 spiro atoms. The van der Waals surface area contributed by atoms with Crippen LogP contribution in [0, 0.1) is 17.8 Å². The maximum atomic E-state index is 11.3. The Kier molecular flexibility index (Phi) is 9.96. The van der Waals surface area contributed by atoms with E-state index in [4.69, 9.17) is 4.74 Å². The molecule has 1 rings (SSSR count). The Morgan fingerprint density at radius 3 is 2.71 bits per heavy atom. The van der Waals surface area contributed by atoms with Crippen molar-refractivity contribution in [1.82, 2.24) is 0 Å². The third kappa shape index (κ3) is 7.63. The number of methoxy groups -OCH3 is 1. The van der Waals surface area contributed by atoms with Crippen LogP contribution < -0.4 is 0 Å². The summed E-state index contributed by atoms with van der Waals surface area (Å²) in [6.07, 6.45) is 13.2. The van der Waals surface area contributed by atoms with Gasteiger partial charge in [-0.3, -0.25) is 4.79 Å². The van der Waals surface area contributed by atoms with E-state index in [0.717, 1.165) is 38.5 Å². The molecule has 0 aliphatic heterocycles. The standard InChI is InChI=1S/C20H34O4/c1-4-5-6-7-17(21)11-9-16-10-13-19(22)18(16)12-8-15(2)14-20(23)24-3/h9-11,13,15-19,21-22H,4-8,12,14H2,1-3H3/b11-9+/t15?,16-,17?,18-,19+/m0/s1. The highest BCUT2D eigenvalue weighted by atomic mass is 16.5. The Bertz CT molecular complexity index is 416. The molecule has 0 radical (unpaired) electrons. The third-order valence-electron chi connectivity index (χ3n) is 4.86. The van der Waals surface area contributed by atoms with Crippen molar-refractivity contribution in [3.63, 3.8) is 0 Å². The Hall–Kier alpha value is -1.13. The molecule has 0 aromatic rings. The van der Waals surface area contributed by atoms with Crippen molar-refractivity contribution in [2.45, 2.75) is 71.0 Å². The molecule has 0 heterocycles. The van der Waals surface area contributed by atoms with E-state index in [1.807, 2.05) is 31.2 Å². The zero-order valence-corrected chi connectivity index (χ0v) is 15.4. The van der Waals surface area contributed by atoms with Crippen LogP contribution in [-0.4, -0.2) is 35.5 Å². The van der Waals surface area contributed by atoms with Gasteiger partial charge in [-0.1, -0.05) is 57.4 Å². The molecular weight excluding hydrogens is 304 g/mol. The number of allylic oxidation sites excluding steroid dienone is 2. The number of ether oxygens (including phenoxy) is 1. The van der Waals surface area contributed by atoms with Gasteiger partial charge in [0.25, 0.3) is 0 Å². The second-order valence-corrected chi connectivity index (χ2v) is 7.03. The average molecular weight is 338 g/mol. The molecule has 1 aliphatic carbocycles. The highest BCUT2D eigenvalue weighted by Crippen LogP contribution is 2.32. The van der Waals surface area contributed by atoms with E-state index in [1.54, 1.807) is 0 Å². The van der Waals surface area contributed by atoms with Crippen LogP contribution in [0.3, 0.4) is 0 Å². The summed E-state index contributed by atoms with van der Waals surface area (Å²) in [5, 5.41) is 20.2. The van der Waals surface area contributed by atoms with Crippen molar-refractivity contribution in [1.29, 1.82) is 0 Å². The minimum absolute atomic E-state index is 0.129.